The molecule has 2 aliphatic rings. The average Bonchev–Trinajstić information content (AvgIpc) is 3.70. The third-order valence-electron chi connectivity index (χ3n) is 7.74. The first-order chi connectivity index (χ1) is 21.0. The maximum Gasteiger partial charge on any atom is 0.328 e. The molecule has 3 amide bonds. The van der Waals surface area contributed by atoms with Crippen LogP contribution in [0.25, 0.3) is 6.08 Å². The van der Waals surface area contributed by atoms with Crippen LogP contribution in [-0.2, 0) is 33.4 Å². The number of ether oxygens (including phenoxy) is 3. The number of amides is 3. The van der Waals surface area contributed by atoms with Crippen molar-refractivity contribution in [1.29, 1.82) is 0 Å². The topological polar surface area (TPSA) is 169 Å². The number of phenolic OH excluding ortho intramolecular Hbond substituents is 1. The number of hydrogen-bond acceptors (Lipinski definition) is 9. The molecule has 2 fully saturated rings. The van der Waals surface area contributed by atoms with Crippen LogP contribution in [0.5, 0.6) is 11.5 Å². The lowest BCUT2D eigenvalue weighted by Gasteiger charge is -2.25. The molecule has 0 aliphatic heterocycles. The number of benzene rings is 1. The van der Waals surface area contributed by atoms with E-state index in [0.717, 1.165) is 51.4 Å². The summed E-state index contributed by atoms with van der Waals surface area (Å²) >= 11 is 0. The predicted octanol–water partition coefficient (Wildman–Crippen LogP) is 2.91. The van der Waals surface area contributed by atoms with E-state index in [2.05, 4.69) is 16.0 Å². The van der Waals surface area contributed by atoms with Crippen LogP contribution in [0.15, 0.2) is 24.3 Å². The molecule has 1 aromatic rings. The van der Waals surface area contributed by atoms with Gasteiger partial charge in [0.15, 0.2) is 11.5 Å². The molecular formula is C32H45N3O9. The van der Waals surface area contributed by atoms with Crippen molar-refractivity contribution in [3.8, 4) is 11.5 Å². The summed E-state index contributed by atoms with van der Waals surface area (Å²) in [6.07, 6.45) is 9.47. The van der Waals surface area contributed by atoms with Crippen molar-refractivity contribution in [3.63, 3.8) is 0 Å². The Hall–Kier alpha value is -4.09. The number of carbonyl (C=O) groups is 5. The van der Waals surface area contributed by atoms with Gasteiger partial charge in [-0.15, -0.1) is 0 Å². The van der Waals surface area contributed by atoms with Crippen molar-refractivity contribution in [2.75, 3.05) is 13.7 Å². The Morgan fingerprint density at radius 1 is 0.955 bits per heavy atom. The molecule has 0 aromatic heterocycles. The molecule has 3 rings (SSSR count). The highest BCUT2D eigenvalue weighted by Gasteiger charge is 2.32. The number of hydrogen-bond donors (Lipinski definition) is 4. The van der Waals surface area contributed by atoms with E-state index in [4.69, 9.17) is 14.2 Å². The van der Waals surface area contributed by atoms with Gasteiger partial charge in [-0.05, 0) is 87.5 Å². The monoisotopic (exact) mass is 615 g/mol. The standard InChI is InChI=1S/C32H45N3O9/c1-20(2)30(35-28(38)19-33-27(37)16-13-21-12-15-25(36)26(18-21)42-3)31(40)34-24(32(41)44-23-10-6-7-11-23)14-17-29(39)43-22-8-4-5-9-22/h12-13,15-16,18,20,22-24,30,36H,4-11,14,17,19H2,1-3H3,(H,33,37)(H,34,40)(H,35,38)/b16-13+. The third kappa shape index (κ3) is 11.2. The van der Waals surface area contributed by atoms with Crippen LogP contribution in [0.4, 0.5) is 0 Å². The van der Waals surface area contributed by atoms with Crippen LogP contribution in [0, 0.1) is 5.92 Å². The summed E-state index contributed by atoms with van der Waals surface area (Å²) in [6, 6.07) is 2.48. The highest BCUT2D eigenvalue weighted by molar-refractivity contribution is 5.96. The zero-order valence-corrected chi connectivity index (χ0v) is 25.8. The number of carbonyl (C=O) groups excluding carboxylic acids is 5. The van der Waals surface area contributed by atoms with Crippen LogP contribution in [0.2, 0.25) is 0 Å². The summed E-state index contributed by atoms with van der Waals surface area (Å²) in [6.45, 7) is 3.09. The minimum absolute atomic E-state index is 0.0108. The Bertz CT molecular complexity index is 1190. The maximum absolute atomic E-state index is 13.3. The quantitative estimate of drug-likeness (QED) is 0.171. The van der Waals surface area contributed by atoms with Gasteiger partial charge in [0.25, 0.3) is 0 Å². The number of nitrogens with one attached hydrogen (secondary N) is 3. The van der Waals surface area contributed by atoms with Gasteiger partial charge in [0.1, 0.15) is 24.3 Å². The predicted molar refractivity (Wildman–Crippen MR) is 161 cm³/mol. The number of rotatable bonds is 15. The summed E-state index contributed by atoms with van der Waals surface area (Å²) in [4.78, 5) is 63.7. The summed E-state index contributed by atoms with van der Waals surface area (Å²) < 4.78 is 16.2. The third-order valence-corrected chi connectivity index (χ3v) is 7.74. The lowest BCUT2D eigenvalue weighted by atomic mass is 10.0. The van der Waals surface area contributed by atoms with Crippen molar-refractivity contribution >= 4 is 35.7 Å². The molecule has 242 valence electrons. The SMILES string of the molecule is COc1cc(/C=C/C(=O)NCC(=O)NC(C(=O)NC(CCC(=O)OC2CCCC2)C(=O)OC2CCCC2)C(C)C)ccc1O. The molecule has 2 unspecified atom stereocenters. The van der Waals surface area contributed by atoms with E-state index < -0.39 is 48.3 Å². The first kappa shape index (κ1) is 34.4. The Morgan fingerprint density at radius 3 is 2.20 bits per heavy atom. The van der Waals surface area contributed by atoms with Gasteiger partial charge in [-0.3, -0.25) is 19.2 Å². The minimum atomic E-state index is -1.08. The molecule has 0 radical (unpaired) electrons. The van der Waals surface area contributed by atoms with Gasteiger partial charge in [0, 0.05) is 12.5 Å². The molecule has 0 heterocycles. The van der Waals surface area contributed by atoms with Gasteiger partial charge >= 0.3 is 11.9 Å². The van der Waals surface area contributed by atoms with Crippen LogP contribution >= 0.6 is 0 Å². The van der Waals surface area contributed by atoms with Crippen LogP contribution in [0.3, 0.4) is 0 Å². The molecule has 0 saturated heterocycles. The molecule has 0 bridgehead atoms. The van der Waals surface area contributed by atoms with E-state index in [-0.39, 0.29) is 42.5 Å². The average molecular weight is 616 g/mol. The van der Waals surface area contributed by atoms with Crippen molar-refractivity contribution in [2.24, 2.45) is 5.92 Å². The van der Waals surface area contributed by atoms with Crippen LogP contribution in [0.1, 0.15) is 83.6 Å². The smallest absolute Gasteiger partial charge is 0.328 e. The molecule has 44 heavy (non-hydrogen) atoms. The molecule has 1 aromatic carbocycles. The van der Waals surface area contributed by atoms with E-state index in [1.54, 1.807) is 26.0 Å². The molecule has 2 atom stereocenters. The fourth-order valence-electron chi connectivity index (χ4n) is 5.23. The van der Waals surface area contributed by atoms with E-state index in [0.29, 0.717) is 5.56 Å². The molecule has 2 aliphatic carbocycles. The summed E-state index contributed by atoms with van der Waals surface area (Å²) in [5.74, 6) is -2.91. The number of esters is 2. The molecule has 12 nitrogen and oxygen atoms in total. The van der Waals surface area contributed by atoms with Crippen molar-refractivity contribution in [1.82, 2.24) is 16.0 Å². The number of phenols is 1. The number of aromatic hydroxyl groups is 1. The van der Waals surface area contributed by atoms with Gasteiger partial charge in [-0.2, -0.15) is 0 Å². The molecule has 12 heteroatoms. The van der Waals surface area contributed by atoms with Crippen LogP contribution in [-0.4, -0.2) is 72.7 Å². The van der Waals surface area contributed by atoms with E-state index in [1.807, 2.05) is 0 Å². The van der Waals surface area contributed by atoms with E-state index in [1.165, 1.54) is 25.3 Å². The van der Waals surface area contributed by atoms with Gasteiger partial charge in [-0.1, -0.05) is 19.9 Å². The Labute approximate surface area is 258 Å². The Balaban J connectivity index is 1.54. The van der Waals surface area contributed by atoms with E-state index in [9.17, 15) is 29.1 Å². The van der Waals surface area contributed by atoms with Gasteiger partial charge in [-0.25, -0.2) is 4.79 Å². The molecule has 4 N–H and O–H groups in total. The van der Waals surface area contributed by atoms with Crippen LogP contribution < -0.4 is 20.7 Å². The lowest BCUT2D eigenvalue weighted by Crippen LogP contribution is -2.55. The van der Waals surface area contributed by atoms with Crippen molar-refractivity contribution in [2.45, 2.75) is 102 Å². The Morgan fingerprint density at radius 2 is 1.59 bits per heavy atom. The first-order valence-corrected chi connectivity index (χ1v) is 15.4. The second-order valence-electron chi connectivity index (χ2n) is 11.6. The fraction of sp³-hybridized carbons (Fsp3) is 0.594. The highest BCUT2D eigenvalue weighted by Crippen LogP contribution is 2.27. The molecular weight excluding hydrogens is 570 g/mol. The lowest BCUT2D eigenvalue weighted by molar-refractivity contribution is -0.154. The molecule has 2 saturated carbocycles. The maximum atomic E-state index is 13.3. The highest BCUT2D eigenvalue weighted by atomic mass is 16.5. The van der Waals surface area contributed by atoms with Gasteiger partial charge in [0.2, 0.25) is 17.7 Å². The van der Waals surface area contributed by atoms with E-state index >= 15 is 0 Å². The Kier molecular flexibility index (Phi) is 13.5. The zero-order chi connectivity index (χ0) is 32.1. The second-order valence-corrected chi connectivity index (χ2v) is 11.6. The summed E-state index contributed by atoms with van der Waals surface area (Å²) in [5, 5.41) is 17.5. The fourth-order valence-corrected chi connectivity index (χ4v) is 5.23. The zero-order valence-electron chi connectivity index (χ0n) is 25.8. The normalized spacial score (nSPS) is 16.8. The number of methoxy groups -OCH3 is 1. The van der Waals surface area contributed by atoms with Crippen molar-refractivity contribution in [3.05, 3.63) is 29.8 Å². The van der Waals surface area contributed by atoms with Crippen molar-refractivity contribution < 1.29 is 43.3 Å². The molecule has 0 spiro atoms. The van der Waals surface area contributed by atoms with Gasteiger partial charge < -0.3 is 35.3 Å². The summed E-state index contributed by atoms with van der Waals surface area (Å²) in [7, 11) is 1.41. The second kappa shape index (κ2) is 17.3. The summed E-state index contributed by atoms with van der Waals surface area (Å²) in [5.41, 5.74) is 0.601. The van der Waals surface area contributed by atoms with Gasteiger partial charge in [0.05, 0.1) is 13.7 Å². The largest absolute Gasteiger partial charge is 0.504 e. The first-order valence-electron chi connectivity index (χ1n) is 15.4. The minimum Gasteiger partial charge on any atom is -0.504 e.